The van der Waals surface area contributed by atoms with Crippen LogP contribution in [-0.2, 0) is 30.6 Å². The third-order valence-corrected chi connectivity index (χ3v) is 8.91. The van der Waals surface area contributed by atoms with Gasteiger partial charge >= 0.3 is 0 Å². The molecule has 3 saturated heterocycles. The van der Waals surface area contributed by atoms with Crippen LogP contribution in [-0.4, -0.2) is 84.8 Å². The maximum Gasteiger partial charge on any atom is 0.243 e. The van der Waals surface area contributed by atoms with Crippen molar-refractivity contribution in [3.8, 4) is 0 Å². The molecular formula is C21H32N3O6S2-. The van der Waals surface area contributed by atoms with Crippen LogP contribution in [0.4, 0.5) is 0 Å². The van der Waals surface area contributed by atoms with E-state index in [1.165, 1.54) is 28.6 Å². The molecular weight excluding hydrogens is 454 g/mol. The summed E-state index contributed by atoms with van der Waals surface area (Å²) in [6.07, 6.45) is 2.20. The second-order valence-electron chi connectivity index (χ2n) is 8.53. The van der Waals surface area contributed by atoms with Crippen molar-refractivity contribution in [3.63, 3.8) is 0 Å². The van der Waals surface area contributed by atoms with Crippen molar-refractivity contribution in [1.29, 1.82) is 0 Å². The molecule has 0 saturated carbocycles. The Balaban J connectivity index is 0.000000181. The van der Waals surface area contributed by atoms with E-state index in [-0.39, 0.29) is 15.7 Å². The van der Waals surface area contributed by atoms with Crippen LogP contribution in [0.15, 0.2) is 34.1 Å². The summed E-state index contributed by atoms with van der Waals surface area (Å²) in [7, 11) is -3.51. The molecule has 11 heteroatoms. The first-order chi connectivity index (χ1) is 15.2. The lowest BCUT2D eigenvalue weighted by Crippen LogP contribution is -2.68. The number of rotatable bonds is 6. The molecule has 0 aliphatic carbocycles. The van der Waals surface area contributed by atoms with Crippen molar-refractivity contribution in [2.75, 3.05) is 52.5 Å². The largest absolute Gasteiger partial charge is 0.768 e. The molecule has 3 aliphatic heterocycles. The molecule has 1 N–H and O–H groups in total. The van der Waals surface area contributed by atoms with Crippen molar-refractivity contribution in [2.24, 2.45) is 11.3 Å². The molecule has 3 heterocycles. The number of carbonyl (C=O) groups is 1. The van der Waals surface area contributed by atoms with Gasteiger partial charge in [0, 0.05) is 37.6 Å². The van der Waals surface area contributed by atoms with Gasteiger partial charge in [-0.05, 0) is 54.7 Å². The number of piperidine rings is 1. The van der Waals surface area contributed by atoms with Crippen LogP contribution in [0.5, 0.6) is 0 Å². The zero-order valence-electron chi connectivity index (χ0n) is 18.6. The minimum Gasteiger partial charge on any atom is -0.768 e. The fourth-order valence-corrected chi connectivity index (χ4v) is 6.07. The van der Waals surface area contributed by atoms with Gasteiger partial charge in [0.2, 0.25) is 15.9 Å². The van der Waals surface area contributed by atoms with Gasteiger partial charge in [0.05, 0.1) is 29.4 Å². The lowest BCUT2D eigenvalue weighted by Gasteiger charge is -2.55. The van der Waals surface area contributed by atoms with Crippen LogP contribution in [0, 0.1) is 11.3 Å². The summed E-state index contributed by atoms with van der Waals surface area (Å²) in [6.45, 7) is 9.80. The standard InChI is InChI=1S/C11H18N2O2.C10H15NO4S2/c14-10(9-2-1-3-12-4-9)13-5-11(6-13)7-15-8-11;1-3-11(4-2)17(14,15)10-7-5-9(6-8-10)16(12)13/h9,12H,1-8H2;5-8H,3-4H2,1-2H3,(H,12,13)/p-1/t9-;/m1./s1. The predicted molar refractivity (Wildman–Crippen MR) is 119 cm³/mol. The summed E-state index contributed by atoms with van der Waals surface area (Å²) in [4.78, 5) is 14.2. The van der Waals surface area contributed by atoms with Crippen molar-refractivity contribution < 1.29 is 26.7 Å². The molecule has 0 aromatic heterocycles. The summed E-state index contributed by atoms with van der Waals surface area (Å²) in [5.74, 6) is 0.594. The van der Waals surface area contributed by atoms with Crippen LogP contribution in [0.1, 0.15) is 26.7 Å². The molecule has 1 aromatic carbocycles. The Labute approximate surface area is 192 Å². The molecule has 1 unspecified atom stereocenters. The fraction of sp³-hybridized carbons (Fsp3) is 0.667. The Kier molecular flexibility index (Phi) is 8.45. The SMILES string of the molecule is CCN(CC)S(=O)(=O)c1ccc(S(=O)[O-])cc1.O=C([C@@H]1CCCNC1)N1CC2(COC2)C1. The molecule has 0 radical (unpaired) electrons. The van der Waals surface area contributed by atoms with Crippen molar-refractivity contribution in [1.82, 2.24) is 14.5 Å². The molecule has 3 aliphatic rings. The lowest BCUT2D eigenvalue weighted by molar-refractivity contribution is -0.197. The molecule has 180 valence electrons. The van der Waals surface area contributed by atoms with Gasteiger partial charge in [0.15, 0.2) is 0 Å². The van der Waals surface area contributed by atoms with Gasteiger partial charge < -0.3 is 19.5 Å². The molecule has 1 aromatic rings. The van der Waals surface area contributed by atoms with E-state index in [0.29, 0.717) is 24.4 Å². The smallest absolute Gasteiger partial charge is 0.243 e. The highest BCUT2D eigenvalue weighted by molar-refractivity contribution is 7.89. The normalized spacial score (nSPS) is 23.0. The summed E-state index contributed by atoms with van der Waals surface area (Å²) in [5, 5.41) is 3.30. The zero-order chi connectivity index (χ0) is 23.4. The van der Waals surface area contributed by atoms with Gasteiger partial charge in [-0.1, -0.05) is 13.8 Å². The highest BCUT2D eigenvalue weighted by Crippen LogP contribution is 2.38. The highest BCUT2D eigenvalue weighted by atomic mass is 32.2. The summed E-state index contributed by atoms with van der Waals surface area (Å²) in [5.41, 5.74) is 0.359. The summed E-state index contributed by atoms with van der Waals surface area (Å²) < 4.78 is 51.9. The number of ether oxygens (including phenoxy) is 1. The number of sulfonamides is 1. The molecule has 2 atom stereocenters. The Bertz CT molecular complexity index is 900. The first-order valence-corrected chi connectivity index (χ1v) is 13.5. The maximum absolute atomic E-state index is 12.1. The zero-order valence-corrected chi connectivity index (χ0v) is 20.3. The monoisotopic (exact) mass is 486 g/mol. The molecule has 1 spiro atoms. The second kappa shape index (κ2) is 10.7. The van der Waals surface area contributed by atoms with E-state index in [1.54, 1.807) is 13.8 Å². The van der Waals surface area contributed by atoms with E-state index >= 15 is 0 Å². The Morgan fingerprint density at radius 2 is 1.88 bits per heavy atom. The average molecular weight is 487 g/mol. The molecule has 0 bridgehead atoms. The number of amides is 1. The van der Waals surface area contributed by atoms with E-state index in [4.69, 9.17) is 4.74 Å². The maximum atomic E-state index is 12.1. The number of hydrogen-bond donors (Lipinski definition) is 1. The average Bonchev–Trinajstić information content (AvgIpc) is 2.73. The van der Waals surface area contributed by atoms with Crippen molar-refractivity contribution >= 4 is 27.0 Å². The van der Waals surface area contributed by atoms with Gasteiger partial charge in [-0.15, -0.1) is 0 Å². The summed E-state index contributed by atoms with van der Waals surface area (Å²) in [6, 6.07) is 5.16. The number of carbonyl (C=O) groups excluding carboxylic acids is 1. The number of benzene rings is 1. The van der Waals surface area contributed by atoms with Gasteiger partial charge in [-0.3, -0.25) is 9.00 Å². The minimum atomic E-state index is -3.51. The first-order valence-electron chi connectivity index (χ1n) is 11.0. The van der Waals surface area contributed by atoms with Gasteiger partial charge in [0.25, 0.3) is 0 Å². The highest BCUT2D eigenvalue weighted by Gasteiger charge is 2.51. The Morgan fingerprint density at radius 1 is 1.25 bits per heavy atom. The van der Waals surface area contributed by atoms with Crippen LogP contribution in [0.2, 0.25) is 0 Å². The van der Waals surface area contributed by atoms with Gasteiger partial charge in [-0.2, -0.15) is 4.31 Å². The van der Waals surface area contributed by atoms with Crippen molar-refractivity contribution in [3.05, 3.63) is 24.3 Å². The number of nitrogens with zero attached hydrogens (tertiary/aromatic N) is 2. The molecule has 1 amide bonds. The van der Waals surface area contributed by atoms with E-state index in [2.05, 4.69) is 5.32 Å². The Morgan fingerprint density at radius 3 is 2.31 bits per heavy atom. The number of likely N-dealkylation sites (tertiary alicyclic amines) is 1. The van der Waals surface area contributed by atoms with E-state index in [9.17, 15) is 22.0 Å². The van der Waals surface area contributed by atoms with Crippen LogP contribution in [0.3, 0.4) is 0 Å². The van der Waals surface area contributed by atoms with E-state index < -0.39 is 21.1 Å². The number of nitrogens with one attached hydrogen (secondary N) is 1. The molecule has 3 fully saturated rings. The molecule has 32 heavy (non-hydrogen) atoms. The van der Waals surface area contributed by atoms with Crippen LogP contribution < -0.4 is 5.32 Å². The quantitative estimate of drug-likeness (QED) is 0.591. The topological polar surface area (TPSA) is 119 Å². The third kappa shape index (κ3) is 5.57. The first kappa shape index (κ1) is 25.3. The van der Waals surface area contributed by atoms with Crippen LogP contribution in [0.25, 0.3) is 0 Å². The Hall–Kier alpha value is -1.37. The van der Waals surface area contributed by atoms with Gasteiger partial charge in [0.1, 0.15) is 0 Å². The van der Waals surface area contributed by atoms with Crippen molar-refractivity contribution in [2.45, 2.75) is 36.5 Å². The number of hydrogen-bond acceptors (Lipinski definition) is 7. The molecule has 4 rings (SSSR count). The summed E-state index contributed by atoms with van der Waals surface area (Å²) >= 11 is -2.34. The molecule has 9 nitrogen and oxygen atoms in total. The van der Waals surface area contributed by atoms with E-state index in [1.807, 2.05) is 4.90 Å². The van der Waals surface area contributed by atoms with Crippen LogP contribution >= 0.6 is 0 Å². The fourth-order valence-electron chi connectivity index (χ4n) is 4.25. The minimum absolute atomic E-state index is 0.0727. The lowest BCUT2D eigenvalue weighted by atomic mass is 9.77. The predicted octanol–water partition coefficient (Wildman–Crippen LogP) is 0.800. The van der Waals surface area contributed by atoms with E-state index in [0.717, 1.165) is 52.2 Å². The second-order valence-corrected chi connectivity index (χ2v) is 11.4. The third-order valence-electron chi connectivity index (χ3n) is 6.19. The van der Waals surface area contributed by atoms with Gasteiger partial charge in [-0.25, -0.2) is 8.42 Å².